The third-order valence-electron chi connectivity index (χ3n) is 8.09. The van der Waals surface area contributed by atoms with Crippen LogP contribution in [0.15, 0.2) is 23.1 Å². The van der Waals surface area contributed by atoms with E-state index in [-0.39, 0.29) is 27.3 Å². The molecule has 0 aromatic heterocycles. The highest BCUT2D eigenvalue weighted by atomic mass is 35.5. The molecular weight excluding hydrogens is 439 g/mol. The molecule has 1 atom stereocenters. The molecule has 1 unspecified atom stereocenters. The van der Waals surface area contributed by atoms with Gasteiger partial charge in [-0.25, -0.2) is 12.8 Å². The third-order valence-corrected chi connectivity index (χ3v) is 10.3. The molecule has 1 N–H and O–H groups in total. The van der Waals surface area contributed by atoms with Crippen LogP contribution in [-0.4, -0.2) is 37.8 Å². The topological polar surface area (TPSA) is 66.5 Å². The molecule has 1 heterocycles. The summed E-state index contributed by atoms with van der Waals surface area (Å²) in [6.45, 7) is 0.726. The highest BCUT2D eigenvalue weighted by Gasteiger charge is 2.54. The minimum absolute atomic E-state index is 0.00166. The van der Waals surface area contributed by atoms with E-state index in [0.717, 1.165) is 38.2 Å². The van der Waals surface area contributed by atoms with Crippen LogP contribution < -0.4 is 5.32 Å². The van der Waals surface area contributed by atoms with Crippen LogP contribution in [0.4, 0.5) is 4.39 Å². The molecule has 1 amide bonds. The molecule has 6 rings (SSSR count). The molecule has 1 aromatic rings. The van der Waals surface area contributed by atoms with Crippen molar-refractivity contribution in [1.29, 1.82) is 0 Å². The molecule has 4 saturated carbocycles. The predicted octanol–water partition coefficient (Wildman–Crippen LogP) is 4.35. The number of amides is 1. The Bertz CT molecular complexity index is 948. The minimum Gasteiger partial charge on any atom is -0.354 e. The lowest BCUT2D eigenvalue weighted by atomic mass is 9.49. The van der Waals surface area contributed by atoms with Gasteiger partial charge in [0.2, 0.25) is 15.9 Å². The third kappa shape index (κ3) is 3.91. The molecule has 1 saturated heterocycles. The standard InChI is InChI=1S/C23H30ClFN2O3S/c24-20-10-19(4-5-21(20)25)31(29,30)27-6-2-1-3-18(27)14-26-22(28)23-11-15-7-16(12-23)9-17(8-15)13-23/h4-5,10,15-18H,1-3,6-9,11-14H2,(H,26,28). The van der Waals surface area contributed by atoms with E-state index < -0.39 is 15.8 Å². The molecule has 31 heavy (non-hydrogen) atoms. The minimum atomic E-state index is -3.81. The van der Waals surface area contributed by atoms with E-state index in [4.69, 9.17) is 11.6 Å². The largest absolute Gasteiger partial charge is 0.354 e. The number of carbonyl (C=O) groups excluding carboxylic acids is 1. The van der Waals surface area contributed by atoms with E-state index in [2.05, 4.69) is 5.32 Å². The van der Waals surface area contributed by atoms with Gasteiger partial charge in [0, 0.05) is 24.5 Å². The van der Waals surface area contributed by atoms with Crippen molar-refractivity contribution in [1.82, 2.24) is 9.62 Å². The van der Waals surface area contributed by atoms with Gasteiger partial charge in [0.05, 0.1) is 9.92 Å². The number of hydrogen-bond acceptors (Lipinski definition) is 3. The van der Waals surface area contributed by atoms with Crippen LogP contribution in [0.5, 0.6) is 0 Å². The van der Waals surface area contributed by atoms with E-state index in [1.807, 2.05) is 0 Å². The Morgan fingerprint density at radius 2 is 1.77 bits per heavy atom. The molecule has 5 nitrogen and oxygen atoms in total. The second kappa shape index (κ2) is 7.99. The van der Waals surface area contributed by atoms with Gasteiger partial charge < -0.3 is 5.32 Å². The first-order chi connectivity index (χ1) is 14.8. The Kier molecular flexibility index (Phi) is 5.58. The Balaban J connectivity index is 1.30. The second-order valence-corrected chi connectivity index (χ2v) is 12.5. The SMILES string of the molecule is O=C(NCC1CCCCN1S(=O)(=O)c1ccc(F)c(Cl)c1)C12CC3CC(CC(C3)C1)C2. The van der Waals surface area contributed by atoms with Crippen molar-refractivity contribution in [3.05, 3.63) is 29.0 Å². The first-order valence-corrected chi connectivity index (χ1v) is 13.3. The number of carbonyl (C=O) groups is 1. The monoisotopic (exact) mass is 468 g/mol. The normalized spacial score (nSPS) is 35.3. The number of sulfonamides is 1. The average Bonchev–Trinajstić information content (AvgIpc) is 2.73. The highest BCUT2D eigenvalue weighted by molar-refractivity contribution is 7.89. The fourth-order valence-electron chi connectivity index (χ4n) is 7.05. The molecule has 8 heteroatoms. The van der Waals surface area contributed by atoms with Crippen molar-refractivity contribution >= 4 is 27.5 Å². The number of nitrogens with zero attached hydrogens (tertiary/aromatic N) is 1. The Hall–Kier alpha value is -1.18. The Morgan fingerprint density at radius 1 is 1.13 bits per heavy atom. The fraction of sp³-hybridized carbons (Fsp3) is 0.696. The van der Waals surface area contributed by atoms with Gasteiger partial charge in [0.1, 0.15) is 5.82 Å². The Labute approximate surface area is 188 Å². The van der Waals surface area contributed by atoms with Gasteiger partial charge in [-0.3, -0.25) is 4.79 Å². The number of benzene rings is 1. The van der Waals surface area contributed by atoms with Crippen molar-refractivity contribution in [2.75, 3.05) is 13.1 Å². The molecule has 4 bridgehead atoms. The van der Waals surface area contributed by atoms with E-state index >= 15 is 0 Å². The molecular formula is C23H30ClFN2O3S. The summed E-state index contributed by atoms with van der Waals surface area (Å²) in [6, 6.07) is 3.23. The maximum absolute atomic E-state index is 13.5. The van der Waals surface area contributed by atoms with Crippen molar-refractivity contribution < 1.29 is 17.6 Å². The molecule has 1 aliphatic heterocycles. The summed E-state index contributed by atoms with van der Waals surface area (Å²) < 4.78 is 41.5. The van der Waals surface area contributed by atoms with Crippen molar-refractivity contribution in [3.63, 3.8) is 0 Å². The summed E-state index contributed by atoms with van der Waals surface area (Å²) in [4.78, 5) is 13.3. The summed E-state index contributed by atoms with van der Waals surface area (Å²) in [5.74, 6) is 1.54. The van der Waals surface area contributed by atoms with Crippen LogP contribution in [0.2, 0.25) is 5.02 Å². The highest BCUT2D eigenvalue weighted by Crippen LogP contribution is 2.60. The summed E-state index contributed by atoms with van der Waals surface area (Å²) in [6.07, 6.45) is 9.21. The van der Waals surface area contributed by atoms with Crippen LogP contribution >= 0.6 is 11.6 Å². The van der Waals surface area contributed by atoms with Crippen molar-refractivity contribution in [3.8, 4) is 0 Å². The van der Waals surface area contributed by atoms with Gasteiger partial charge in [0.25, 0.3) is 0 Å². The number of nitrogens with one attached hydrogen (secondary N) is 1. The lowest BCUT2D eigenvalue weighted by Gasteiger charge is -2.55. The quantitative estimate of drug-likeness (QED) is 0.698. The molecule has 5 aliphatic rings. The van der Waals surface area contributed by atoms with Gasteiger partial charge in [-0.15, -0.1) is 0 Å². The van der Waals surface area contributed by atoms with Gasteiger partial charge in [-0.05, 0) is 87.3 Å². The van der Waals surface area contributed by atoms with Crippen LogP contribution in [0.1, 0.15) is 57.8 Å². The molecule has 5 fully saturated rings. The van der Waals surface area contributed by atoms with Crippen LogP contribution in [0.3, 0.4) is 0 Å². The number of hydrogen-bond donors (Lipinski definition) is 1. The van der Waals surface area contributed by atoms with Crippen LogP contribution in [0, 0.1) is 29.0 Å². The lowest BCUT2D eigenvalue weighted by molar-refractivity contribution is -0.146. The first-order valence-electron chi connectivity index (χ1n) is 11.5. The van der Waals surface area contributed by atoms with Crippen molar-refractivity contribution in [2.24, 2.45) is 23.2 Å². The molecule has 1 aromatic carbocycles. The van der Waals surface area contributed by atoms with E-state index in [1.165, 1.54) is 35.7 Å². The van der Waals surface area contributed by atoms with E-state index in [1.54, 1.807) is 0 Å². The maximum Gasteiger partial charge on any atom is 0.243 e. The lowest BCUT2D eigenvalue weighted by Crippen LogP contribution is -2.56. The van der Waals surface area contributed by atoms with Gasteiger partial charge >= 0.3 is 0 Å². The molecule has 4 aliphatic carbocycles. The average molecular weight is 469 g/mol. The summed E-state index contributed by atoms with van der Waals surface area (Å²) in [5, 5.41) is 2.95. The predicted molar refractivity (Wildman–Crippen MR) is 117 cm³/mol. The van der Waals surface area contributed by atoms with Crippen LogP contribution in [-0.2, 0) is 14.8 Å². The fourth-order valence-corrected chi connectivity index (χ4v) is 9.02. The number of piperidine rings is 1. The van der Waals surface area contributed by atoms with Gasteiger partial charge in [0.15, 0.2) is 0 Å². The first kappa shape index (κ1) is 21.7. The van der Waals surface area contributed by atoms with Gasteiger partial charge in [-0.1, -0.05) is 18.0 Å². The smallest absolute Gasteiger partial charge is 0.243 e. The van der Waals surface area contributed by atoms with Crippen LogP contribution in [0.25, 0.3) is 0 Å². The van der Waals surface area contributed by atoms with Crippen molar-refractivity contribution in [2.45, 2.75) is 68.7 Å². The van der Waals surface area contributed by atoms with Gasteiger partial charge in [-0.2, -0.15) is 4.31 Å². The summed E-state index contributed by atoms with van der Waals surface area (Å²) in [7, 11) is -3.81. The zero-order chi connectivity index (χ0) is 21.8. The maximum atomic E-state index is 13.5. The zero-order valence-corrected chi connectivity index (χ0v) is 19.2. The van der Waals surface area contributed by atoms with E-state index in [9.17, 15) is 17.6 Å². The molecule has 0 spiro atoms. The molecule has 0 radical (unpaired) electrons. The number of rotatable bonds is 5. The summed E-state index contributed by atoms with van der Waals surface area (Å²) in [5.41, 5.74) is -0.238. The summed E-state index contributed by atoms with van der Waals surface area (Å²) >= 11 is 5.83. The molecule has 170 valence electrons. The zero-order valence-electron chi connectivity index (χ0n) is 17.7. The Morgan fingerprint density at radius 3 is 2.39 bits per heavy atom. The number of halogens is 2. The second-order valence-electron chi connectivity index (χ2n) is 10.2. The van der Waals surface area contributed by atoms with E-state index in [0.29, 0.717) is 37.3 Å².